The van der Waals surface area contributed by atoms with Crippen molar-refractivity contribution in [3.63, 3.8) is 0 Å². The predicted octanol–water partition coefficient (Wildman–Crippen LogP) is 1.83. The van der Waals surface area contributed by atoms with Gasteiger partial charge in [0.25, 0.3) is 0 Å². The Balaban J connectivity index is 1.72. The molecular formula is C16H30N2O3S. The molecule has 1 spiro atoms. The lowest BCUT2D eigenvalue weighted by molar-refractivity contribution is 0.0524. The van der Waals surface area contributed by atoms with Gasteiger partial charge in [0.05, 0.1) is 12.9 Å². The number of ether oxygens (including phenoxy) is 1. The number of rotatable bonds is 4. The van der Waals surface area contributed by atoms with Gasteiger partial charge >= 0.3 is 0 Å². The van der Waals surface area contributed by atoms with Crippen LogP contribution in [0.2, 0.25) is 0 Å². The molecule has 1 aliphatic carbocycles. The lowest BCUT2D eigenvalue weighted by Crippen LogP contribution is -2.57. The minimum Gasteiger partial charge on any atom is -0.383 e. The fourth-order valence-electron chi connectivity index (χ4n) is 5.06. The molecule has 0 aromatic rings. The zero-order valence-electron chi connectivity index (χ0n) is 14.0. The van der Waals surface area contributed by atoms with E-state index >= 15 is 0 Å². The van der Waals surface area contributed by atoms with Crippen LogP contribution in [0.3, 0.4) is 0 Å². The van der Waals surface area contributed by atoms with Crippen LogP contribution >= 0.6 is 0 Å². The summed E-state index contributed by atoms with van der Waals surface area (Å²) in [6.45, 7) is 2.62. The average Bonchev–Trinajstić information content (AvgIpc) is 3.09. The Morgan fingerprint density at radius 3 is 2.27 bits per heavy atom. The van der Waals surface area contributed by atoms with Gasteiger partial charge in [-0.3, -0.25) is 0 Å². The van der Waals surface area contributed by atoms with E-state index in [1.807, 2.05) is 4.31 Å². The molecule has 2 aliphatic heterocycles. The van der Waals surface area contributed by atoms with Crippen molar-refractivity contribution in [3.05, 3.63) is 0 Å². The molecular weight excluding hydrogens is 300 g/mol. The molecule has 0 N–H and O–H groups in total. The number of hydrogen-bond acceptors (Lipinski definition) is 4. The van der Waals surface area contributed by atoms with Gasteiger partial charge < -0.3 is 9.64 Å². The van der Waals surface area contributed by atoms with E-state index in [1.165, 1.54) is 31.9 Å². The molecule has 0 bridgehead atoms. The van der Waals surface area contributed by atoms with Gasteiger partial charge in [0, 0.05) is 37.8 Å². The summed E-state index contributed by atoms with van der Waals surface area (Å²) in [5, 5.41) is 0. The minimum absolute atomic E-state index is 0.0260. The summed E-state index contributed by atoms with van der Waals surface area (Å²) in [6.07, 6.45) is 10.6. The van der Waals surface area contributed by atoms with Gasteiger partial charge in [-0.1, -0.05) is 12.8 Å². The van der Waals surface area contributed by atoms with Crippen molar-refractivity contribution in [1.82, 2.24) is 9.21 Å². The molecule has 1 atom stereocenters. The summed E-state index contributed by atoms with van der Waals surface area (Å²) in [7, 11) is -1.52. The first-order valence-corrected chi connectivity index (χ1v) is 10.5. The van der Waals surface area contributed by atoms with Crippen molar-refractivity contribution in [3.8, 4) is 0 Å². The van der Waals surface area contributed by atoms with E-state index in [4.69, 9.17) is 4.74 Å². The summed E-state index contributed by atoms with van der Waals surface area (Å²) >= 11 is 0. The molecule has 6 heteroatoms. The average molecular weight is 330 g/mol. The van der Waals surface area contributed by atoms with E-state index in [-0.39, 0.29) is 11.6 Å². The SMILES string of the molecule is COC[C@H]1CCC2(CCN(C3CCCC3)CC2)N1S(C)(=O)=O. The van der Waals surface area contributed by atoms with Crippen LogP contribution in [0, 0.1) is 0 Å². The lowest BCUT2D eigenvalue weighted by Gasteiger charge is -2.46. The maximum absolute atomic E-state index is 12.4. The van der Waals surface area contributed by atoms with Crippen molar-refractivity contribution in [2.75, 3.05) is 33.1 Å². The van der Waals surface area contributed by atoms with E-state index in [1.54, 1.807) is 7.11 Å². The van der Waals surface area contributed by atoms with E-state index in [0.29, 0.717) is 6.61 Å². The molecule has 5 nitrogen and oxygen atoms in total. The Labute approximate surface area is 135 Å². The van der Waals surface area contributed by atoms with Crippen LogP contribution in [0.25, 0.3) is 0 Å². The Morgan fingerprint density at radius 1 is 1.09 bits per heavy atom. The van der Waals surface area contributed by atoms with Crippen LogP contribution in [0.5, 0.6) is 0 Å². The molecule has 2 heterocycles. The van der Waals surface area contributed by atoms with Gasteiger partial charge in [0.1, 0.15) is 0 Å². The Morgan fingerprint density at radius 2 is 1.73 bits per heavy atom. The zero-order valence-corrected chi connectivity index (χ0v) is 14.8. The van der Waals surface area contributed by atoms with Gasteiger partial charge in [-0.2, -0.15) is 4.31 Å². The van der Waals surface area contributed by atoms with Gasteiger partial charge in [-0.15, -0.1) is 0 Å². The standard InChI is InChI=1S/C16H30N2O3S/c1-21-13-15-7-8-16(18(15)22(2,19)20)9-11-17(12-10-16)14-5-3-4-6-14/h14-15H,3-13H2,1-2H3/t15-/m1/s1. The molecule has 0 amide bonds. The quantitative estimate of drug-likeness (QED) is 0.789. The number of hydrogen-bond donors (Lipinski definition) is 0. The van der Waals surface area contributed by atoms with Crippen LogP contribution in [-0.2, 0) is 14.8 Å². The molecule has 3 aliphatic rings. The number of sulfonamides is 1. The summed E-state index contributed by atoms with van der Waals surface area (Å²) in [6, 6.07) is 0.776. The van der Waals surface area contributed by atoms with Crippen molar-refractivity contribution >= 4 is 10.0 Å². The van der Waals surface area contributed by atoms with Crippen LogP contribution in [0.4, 0.5) is 0 Å². The monoisotopic (exact) mass is 330 g/mol. The number of likely N-dealkylation sites (tertiary alicyclic amines) is 1. The molecule has 2 saturated heterocycles. The highest BCUT2D eigenvalue weighted by Gasteiger charge is 2.52. The highest BCUT2D eigenvalue weighted by Crippen LogP contribution is 2.44. The molecule has 0 aromatic heterocycles. The normalized spacial score (nSPS) is 31.3. The first-order valence-electron chi connectivity index (χ1n) is 8.69. The topological polar surface area (TPSA) is 49.9 Å². The summed E-state index contributed by atoms with van der Waals surface area (Å²) < 4.78 is 31.9. The van der Waals surface area contributed by atoms with Gasteiger partial charge in [-0.05, 0) is 38.5 Å². The molecule has 1 saturated carbocycles. The van der Waals surface area contributed by atoms with Crippen molar-refractivity contribution in [1.29, 1.82) is 0 Å². The van der Waals surface area contributed by atoms with E-state index in [9.17, 15) is 8.42 Å². The molecule has 0 radical (unpaired) electrons. The van der Waals surface area contributed by atoms with Crippen molar-refractivity contribution in [2.24, 2.45) is 0 Å². The maximum Gasteiger partial charge on any atom is 0.212 e. The largest absolute Gasteiger partial charge is 0.383 e. The van der Waals surface area contributed by atoms with Crippen LogP contribution in [0.15, 0.2) is 0 Å². The third kappa shape index (κ3) is 3.07. The smallest absolute Gasteiger partial charge is 0.212 e. The van der Waals surface area contributed by atoms with E-state index in [2.05, 4.69) is 4.90 Å². The zero-order chi connectivity index (χ0) is 15.8. The second-order valence-electron chi connectivity index (χ2n) is 7.41. The Bertz CT molecular complexity index is 480. The summed E-state index contributed by atoms with van der Waals surface area (Å²) in [5.74, 6) is 0. The first kappa shape index (κ1) is 16.7. The second kappa shape index (κ2) is 6.38. The van der Waals surface area contributed by atoms with Gasteiger partial charge in [-0.25, -0.2) is 8.42 Å². The third-order valence-electron chi connectivity index (χ3n) is 6.03. The predicted molar refractivity (Wildman–Crippen MR) is 87.4 cm³/mol. The van der Waals surface area contributed by atoms with Gasteiger partial charge in [0.2, 0.25) is 10.0 Å². The molecule has 128 valence electrons. The highest BCUT2D eigenvalue weighted by molar-refractivity contribution is 7.88. The Kier molecular flexibility index (Phi) is 4.84. The number of piperidine rings is 1. The minimum atomic E-state index is -3.18. The number of methoxy groups -OCH3 is 1. The molecule has 3 rings (SSSR count). The fraction of sp³-hybridized carbons (Fsp3) is 1.00. The molecule has 3 fully saturated rings. The van der Waals surface area contributed by atoms with E-state index in [0.717, 1.165) is 44.8 Å². The van der Waals surface area contributed by atoms with Crippen LogP contribution in [0.1, 0.15) is 51.4 Å². The van der Waals surface area contributed by atoms with Crippen molar-refractivity contribution < 1.29 is 13.2 Å². The molecule has 0 aromatic carbocycles. The van der Waals surface area contributed by atoms with Gasteiger partial charge in [0.15, 0.2) is 0 Å². The van der Waals surface area contributed by atoms with Crippen molar-refractivity contribution in [2.45, 2.75) is 69.0 Å². The lowest BCUT2D eigenvalue weighted by atomic mass is 9.85. The fourth-order valence-corrected chi connectivity index (χ4v) is 6.75. The molecule has 0 unspecified atom stereocenters. The third-order valence-corrected chi connectivity index (χ3v) is 7.43. The summed E-state index contributed by atoms with van der Waals surface area (Å²) in [5.41, 5.74) is -0.147. The van der Waals surface area contributed by atoms with Crippen LogP contribution < -0.4 is 0 Å². The first-order chi connectivity index (χ1) is 10.5. The second-order valence-corrected chi connectivity index (χ2v) is 9.26. The van der Waals surface area contributed by atoms with E-state index < -0.39 is 10.0 Å². The maximum atomic E-state index is 12.4. The summed E-state index contributed by atoms with van der Waals surface area (Å²) in [4.78, 5) is 2.61. The number of nitrogens with zero attached hydrogens (tertiary/aromatic N) is 2. The molecule has 22 heavy (non-hydrogen) atoms. The van der Waals surface area contributed by atoms with Crippen LogP contribution in [-0.4, -0.2) is 68.3 Å². The Hall–Kier alpha value is -0.170. The highest BCUT2D eigenvalue weighted by atomic mass is 32.2.